The Bertz CT molecular complexity index is 438. The second-order valence-electron chi connectivity index (χ2n) is 5.57. The summed E-state index contributed by atoms with van der Waals surface area (Å²) in [7, 11) is 1.69. The van der Waals surface area contributed by atoms with Crippen molar-refractivity contribution in [3.8, 4) is 5.75 Å². The summed E-state index contributed by atoms with van der Waals surface area (Å²) >= 11 is 6.08. The number of halogens is 1. The molecule has 0 aromatic heterocycles. The van der Waals surface area contributed by atoms with Crippen molar-refractivity contribution in [2.45, 2.75) is 32.7 Å². The maximum atomic E-state index is 6.08. The molecule has 2 rings (SSSR count). The van der Waals surface area contributed by atoms with Gasteiger partial charge in [-0.2, -0.15) is 0 Å². The first-order valence-electron chi connectivity index (χ1n) is 7.46. The third-order valence-electron chi connectivity index (χ3n) is 4.24. The van der Waals surface area contributed by atoms with Crippen LogP contribution in [-0.4, -0.2) is 37.7 Å². The lowest BCUT2D eigenvalue weighted by molar-refractivity contribution is 0.172. The molecule has 0 amide bonds. The Hall–Kier alpha value is -0.930. The van der Waals surface area contributed by atoms with Crippen molar-refractivity contribution in [3.05, 3.63) is 23.2 Å². The van der Waals surface area contributed by atoms with Crippen LogP contribution in [0, 0.1) is 5.92 Å². The van der Waals surface area contributed by atoms with Gasteiger partial charge in [-0.3, -0.25) is 0 Å². The zero-order valence-electron chi connectivity index (χ0n) is 12.7. The van der Waals surface area contributed by atoms with E-state index < -0.39 is 0 Å². The van der Waals surface area contributed by atoms with Crippen molar-refractivity contribution in [1.82, 2.24) is 4.90 Å². The second-order valence-corrected chi connectivity index (χ2v) is 6.01. The van der Waals surface area contributed by atoms with E-state index in [1.807, 2.05) is 18.2 Å². The van der Waals surface area contributed by atoms with E-state index in [1.165, 1.54) is 25.9 Å². The van der Waals surface area contributed by atoms with Crippen molar-refractivity contribution < 1.29 is 4.74 Å². The summed E-state index contributed by atoms with van der Waals surface area (Å²) in [4.78, 5) is 2.53. The third kappa shape index (κ3) is 3.80. The van der Waals surface area contributed by atoms with E-state index >= 15 is 0 Å². The number of likely N-dealkylation sites (tertiary alicyclic amines) is 1. The molecule has 0 spiro atoms. The van der Waals surface area contributed by atoms with Gasteiger partial charge in [0.1, 0.15) is 5.75 Å². The molecule has 1 fully saturated rings. The van der Waals surface area contributed by atoms with Crippen molar-refractivity contribution >= 4 is 17.3 Å². The van der Waals surface area contributed by atoms with Crippen LogP contribution in [0.2, 0.25) is 5.02 Å². The van der Waals surface area contributed by atoms with E-state index in [4.69, 9.17) is 16.3 Å². The molecule has 1 heterocycles. The monoisotopic (exact) mass is 296 g/mol. The molecule has 1 N–H and O–H groups in total. The Labute approximate surface area is 127 Å². The second kappa shape index (κ2) is 7.19. The maximum Gasteiger partial charge on any atom is 0.142 e. The van der Waals surface area contributed by atoms with Crippen LogP contribution in [0.5, 0.6) is 5.75 Å². The van der Waals surface area contributed by atoms with Gasteiger partial charge in [-0.15, -0.1) is 0 Å². The highest BCUT2D eigenvalue weighted by Gasteiger charge is 2.24. The number of ether oxygens (including phenoxy) is 1. The number of rotatable bonds is 5. The lowest BCUT2D eigenvalue weighted by Gasteiger charge is -2.36. The first-order chi connectivity index (χ1) is 9.63. The largest absolute Gasteiger partial charge is 0.495 e. The molecule has 1 aromatic rings. The molecule has 2 unspecified atom stereocenters. The van der Waals surface area contributed by atoms with Crippen molar-refractivity contribution in [1.29, 1.82) is 0 Å². The topological polar surface area (TPSA) is 24.5 Å². The van der Waals surface area contributed by atoms with E-state index in [1.54, 1.807) is 7.11 Å². The first kappa shape index (κ1) is 15.5. The van der Waals surface area contributed by atoms with Gasteiger partial charge < -0.3 is 15.0 Å². The van der Waals surface area contributed by atoms with Crippen molar-refractivity contribution in [2.24, 2.45) is 5.92 Å². The molecule has 4 heteroatoms. The Morgan fingerprint density at radius 1 is 1.50 bits per heavy atom. The summed E-state index contributed by atoms with van der Waals surface area (Å²) in [6, 6.07) is 6.13. The van der Waals surface area contributed by atoms with Gasteiger partial charge in [0.05, 0.1) is 12.8 Å². The number of benzene rings is 1. The standard InChI is InChI=1S/C16H25ClN2O/c1-4-19-9-5-6-13(11-19)12(2)18-15-10-14(17)7-8-16(15)20-3/h7-8,10,12-13,18H,4-6,9,11H2,1-3H3. The fraction of sp³-hybridized carbons (Fsp3) is 0.625. The summed E-state index contributed by atoms with van der Waals surface area (Å²) in [6.07, 6.45) is 2.57. The van der Waals surface area contributed by atoms with Gasteiger partial charge in [0, 0.05) is 17.6 Å². The predicted molar refractivity (Wildman–Crippen MR) is 85.9 cm³/mol. The summed E-state index contributed by atoms with van der Waals surface area (Å²) in [5.74, 6) is 1.52. The molecular weight excluding hydrogens is 272 g/mol. The molecule has 3 nitrogen and oxygen atoms in total. The fourth-order valence-electron chi connectivity index (χ4n) is 2.94. The van der Waals surface area contributed by atoms with Crippen LogP contribution in [0.15, 0.2) is 18.2 Å². The van der Waals surface area contributed by atoms with Crippen LogP contribution in [0.4, 0.5) is 5.69 Å². The molecule has 0 radical (unpaired) electrons. The summed E-state index contributed by atoms with van der Waals surface area (Å²) in [5.41, 5.74) is 0.987. The summed E-state index contributed by atoms with van der Waals surface area (Å²) < 4.78 is 5.40. The van der Waals surface area contributed by atoms with Gasteiger partial charge in [-0.05, 0) is 57.0 Å². The van der Waals surface area contributed by atoms with Crippen LogP contribution in [-0.2, 0) is 0 Å². The maximum absolute atomic E-state index is 6.08. The number of nitrogens with zero attached hydrogens (tertiary/aromatic N) is 1. The van der Waals surface area contributed by atoms with Gasteiger partial charge in [0.25, 0.3) is 0 Å². The smallest absolute Gasteiger partial charge is 0.142 e. The highest BCUT2D eigenvalue weighted by Crippen LogP contribution is 2.30. The minimum Gasteiger partial charge on any atom is -0.495 e. The van der Waals surface area contributed by atoms with E-state index in [9.17, 15) is 0 Å². The zero-order chi connectivity index (χ0) is 14.5. The molecule has 1 aliphatic rings. The van der Waals surface area contributed by atoms with Crippen molar-refractivity contribution in [2.75, 3.05) is 32.1 Å². The molecule has 0 saturated carbocycles. The Morgan fingerprint density at radius 3 is 3.00 bits per heavy atom. The Kier molecular flexibility index (Phi) is 5.55. The van der Waals surface area contributed by atoms with Gasteiger partial charge in [0.15, 0.2) is 0 Å². The lowest BCUT2D eigenvalue weighted by Crippen LogP contribution is -2.41. The average molecular weight is 297 g/mol. The molecule has 1 aliphatic heterocycles. The highest BCUT2D eigenvalue weighted by molar-refractivity contribution is 6.30. The predicted octanol–water partition coefficient (Wildman–Crippen LogP) is 3.88. The molecule has 2 atom stereocenters. The molecule has 1 aromatic carbocycles. The number of anilines is 1. The number of nitrogens with one attached hydrogen (secondary N) is 1. The molecule has 20 heavy (non-hydrogen) atoms. The van der Waals surface area contributed by atoms with Gasteiger partial charge in [-0.25, -0.2) is 0 Å². The lowest BCUT2D eigenvalue weighted by atomic mass is 9.91. The Balaban J connectivity index is 2.03. The molecule has 0 bridgehead atoms. The van der Waals surface area contributed by atoms with Crippen LogP contribution in [0.1, 0.15) is 26.7 Å². The minimum atomic E-state index is 0.414. The van der Waals surface area contributed by atoms with E-state index in [2.05, 4.69) is 24.1 Å². The highest BCUT2D eigenvalue weighted by atomic mass is 35.5. The van der Waals surface area contributed by atoms with E-state index in [0.29, 0.717) is 12.0 Å². The quantitative estimate of drug-likeness (QED) is 0.892. The van der Waals surface area contributed by atoms with Crippen molar-refractivity contribution in [3.63, 3.8) is 0 Å². The van der Waals surface area contributed by atoms with Gasteiger partial charge in [0.2, 0.25) is 0 Å². The zero-order valence-corrected chi connectivity index (χ0v) is 13.4. The van der Waals surface area contributed by atoms with E-state index in [0.717, 1.165) is 23.0 Å². The first-order valence-corrected chi connectivity index (χ1v) is 7.84. The number of piperidine rings is 1. The molecule has 1 saturated heterocycles. The minimum absolute atomic E-state index is 0.414. The SMILES string of the molecule is CCN1CCCC(C(C)Nc2cc(Cl)ccc2OC)C1. The fourth-order valence-corrected chi connectivity index (χ4v) is 3.11. The summed E-state index contributed by atoms with van der Waals surface area (Å²) in [5, 5.41) is 4.32. The van der Waals surface area contributed by atoms with Gasteiger partial charge >= 0.3 is 0 Å². The number of methoxy groups -OCH3 is 1. The van der Waals surface area contributed by atoms with Gasteiger partial charge in [-0.1, -0.05) is 18.5 Å². The average Bonchev–Trinajstić information content (AvgIpc) is 2.47. The summed E-state index contributed by atoms with van der Waals surface area (Å²) in [6.45, 7) is 8.04. The molecular formula is C16H25ClN2O. The van der Waals surface area contributed by atoms with E-state index in [-0.39, 0.29) is 0 Å². The van der Waals surface area contributed by atoms with Crippen LogP contribution >= 0.6 is 11.6 Å². The Morgan fingerprint density at radius 2 is 2.30 bits per heavy atom. The van der Waals surface area contributed by atoms with Crippen LogP contribution in [0.3, 0.4) is 0 Å². The third-order valence-corrected chi connectivity index (χ3v) is 4.48. The number of hydrogen-bond acceptors (Lipinski definition) is 3. The number of hydrogen-bond donors (Lipinski definition) is 1. The van der Waals surface area contributed by atoms with Crippen LogP contribution < -0.4 is 10.1 Å². The molecule has 0 aliphatic carbocycles. The molecule has 112 valence electrons. The van der Waals surface area contributed by atoms with Crippen LogP contribution in [0.25, 0.3) is 0 Å². The normalized spacial score (nSPS) is 21.5.